The van der Waals surface area contributed by atoms with Crippen molar-refractivity contribution in [2.75, 3.05) is 31.6 Å². The summed E-state index contributed by atoms with van der Waals surface area (Å²) < 4.78 is 43.6. The molecule has 1 amide bonds. The number of amides is 1. The Balaban J connectivity index is 1.51. The zero-order valence-corrected chi connectivity index (χ0v) is 19.6. The van der Waals surface area contributed by atoms with Crippen LogP contribution in [0.2, 0.25) is 0 Å². The number of ether oxygens (including phenoxy) is 2. The fraction of sp³-hybridized carbons (Fsp3) is 0.250. The van der Waals surface area contributed by atoms with E-state index in [0.29, 0.717) is 24.4 Å². The number of hydrogen-bond acceptors (Lipinski definition) is 7. The Kier molecular flexibility index (Phi) is 6.60. The van der Waals surface area contributed by atoms with Crippen LogP contribution < -0.4 is 9.04 Å². The highest BCUT2D eigenvalue weighted by molar-refractivity contribution is 7.92. The maximum atomic E-state index is 13.3. The minimum absolute atomic E-state index is 0.0711. The number of sulfonamides is 1. The van der Waals surface area contributed by atoms with Gasteiger partial charge in [-0.1, -0.05) is 18.2 Å². The van der Waals surface area contributed by atoms with E-state index >= 15 is 0 Å². The fourth-order valence-corrected chi connectivity index (χ4v) is 5.26. The summed E-state index contributed by atoms with van der Waals surface area (Å²) in [6, 6.07) is 14.7. The quantitative estimate of drug-likeness (QED) is 0.453. The van der Waals surface area contributed by atoms with Crippen molar-refractivity contribution in [2.45, 2.75) is 17.9 Å². The van der Waals surface area contributed by atoms with Gasteiger partial charge in [0.15, 0.2) is 6.61 Å². The lowest BCUT2D eigenvalue weighted by atomic mass is 10.2. The van der Waals surface area contributed by atoms with Gasteiger partial charge in [-0.3, -0.25) is 9.10 Å². The summed E-state index contributed by atoms with van der Waals surface area (Å²) >= 11 is 0. The molecule has 0 aliphatic carbocycles. The van der Waals surface area contributed by atoms with Gasteiger partial charge in [-0.15, -0.1) is 0 Å². The molecule has 34 heavy (non-hydrogen) atoms. The van der Waals surface area contributed by atoms with Gasteiger partial charge in [-0.25, -0.2) is 13.2 Å². The van der Waals surface area contributed by atoms with Crippen molar-refractivity contribution >= 4 is 27.6 Å². The molecule has 0 bridgehead atoms. The number of para-hydroxylation sites is 1. The SMILES string of the molecule is COc1ccc(S(=O)(=O)N2CCc3ccccc32)cc1C(=O)OCC(=O)N(C)Cc1ccco1. The van der Waals surface area contributed by atoms with E-state index in [9.17, 15) is 18.0 Å². The molecule has 10 heteroatoms. The Hall–Kier alpha value is -3.79. The predicted octanol–water partition coefficient (Wildman–Crippen LogP) is 2.86. The molecule has 0 radical (unpaired) electrons. The van der Waals surface area contributed by atoms with Gasteiger partial charge >= 0.3 is 5.97 Å². The zero-order valence-electron chi connectivity index (χ0n) is 18.8. The van der Waals surface area contributed by atoms with Crippen molar-refractivity contribution in [1.82, 2.24) is 4.90 Å². The van der Waals surface area contributed by atoms with E-state index < -0.39 is 28.5 Å². The first-order valence-electron chi connectivity index (χ1n) is 10.5. The molecular formula is C24H24N2O7S. The number of furan rings is 1. The number of anilines is 1. The molecule has 9 nitrogen and oxygen atoms in total. The molecule has 3 aromatic rings. The maximum Gasteiger partial charge on any atom is 0.342 e. The third kappa shape index (κ3) is 4.62. The van der Waals surface area contributed by atoms with E-state index in [0.717, 1.165) is 5.56 Å². The molecule has 2 aromatic carbocycles. The fourth-order valence-electron chi connectivity index (χ4n) is 3.73. The van der Waals surface area contributed by atoms with Crippen molar-refractivity contribution in [3.8, 4) is 5.75 Å². The Bertz CT molecular complexity index is 1300. The van der Waals surface area contributed by atoms with Crippen LogP contribution in [0.3, 0.4) is 0 Å². The van der Waals surface area contributed by atoms with Crippen LogP contribution in [-0.2, 0) is 32.5 Å². The Morgan fingerprint density at radius 2 is 1.91 bits per heavy atom. The van der Waals surface area contributed by atoms with Gasteiger partial charge in [0.05, 0.1) is 30.5 Å². The third-order valence-electron chi connectivity index (χ3n) is 5.55. The Morgan fingerprint density at radius 3 is 2.65 bits per heavy atom. The van der Waals surface area contributed by atoms with Gasteiger partial charge in [0.25, 0.3) is 15.9 Å². The first-order valence-corrected chi connectivity index (χ1v) is 12.0. The van der Waals surface area contributed by atoms with Gasteiger partial charge in [0, 0.05) is 13.6 Å². The predicted molar refractivity (Wildman–Crippen MR) is 123 cm³/mol. The lowest BCUT2D eigenvalue weighted by Crippen LogP contribution is -2.31. The number of hydrogen-bond donors (Lipinski definition) is 0. The number of carbonyl (C=O) groups is 2. The summed E-state index contributed by atoms with van der Waals surface area (Å²) in [4.78, 5) is 26.4. The minimum Gasteiger partial charge on any atom is -0.496 e. The van der Waals surface area contributed by atoms with Crippen molar-refractivity contribution in [3.05, 3.63) is 77.7 Å². The average molecular weight is 485 g/mol. The second-order valence-electron chi connectivity index (χ2n) is 7.72. The van der Waals surface area contributed by atoms with Gasteiger partial charge in [0.2, 0.25) is 0 Å². The molecule has 0 saturated heterocycles. The van der Waals surface area contributed by atoms with Crippen molar-refractivity contribution in [1.29, 1.82) is 0 Å². The van der Waals surface area contributed by atoms with Crippen molar-refractivity contribution in [2.24, 2.45) is 0 Å². The summed E-state index contributed by atoms with van der Waals surface area (Å²) in [7, 11) is -1.01. The lowest BCUT2D eigenvalue weighted by molar-refractivity contribution is -0.134. The van der Waals surface area contributed by atoms with Gasteiger partial charge in [0.1, 0.15) is 17.1 Å². The molecule has 0 atom stereocenters. The summed E-state index contributed by atoms with van der Waals surface area (Å²) in [5.41, 5.74) is 1.47. The Labute approximate surface area is 197 Å². The van der Waals surface area contributed by atoms with Crippen LogP contribution in [0, 0.1) is 0 Å². The van der Waals surface area contributed by atoms with Gasteiger partial charge in [-0.05, 0) is 48.4 Å². The van der Waals surface area contributed by atoms with E-state index in [4.69, 9.17) is 13.9 Å². The molecule has 178 valence electrons. The van der Waals surface area contributed by atoms with Crippen LogP contribution in [0.25, 0.3) is 0 Å². The monoisotopic (exact) mass is 484 g/mol. The van der Waals surface area contributed by atoms with Crippen molar-refractivity contribution < 1.29 is 31.9 Å². The first-order chi connectivity index (χ1) is 16.3. The minimum atomic E-state index is -3.92. The zero-order chi connectivity index (χ0) is 24.3. The lowest BCUT2D eigenvalue weighted by Gasteiger charge is -2.20. The van der Waals surface area contributed by atoms with Crippen LogP contribution >= 0.6 is 0 Å². The number of carbonyl (C=O) groups excluding carboxylic acids is 2. The van der Waals surface area contributed by atoms with Crippen molar-refractivity contribution in [3.63, 3.8) is 0 Å². The average Bonchev–Trinajstić information content (AvgIpc) is 3.52. The van der Waals surface area contributed by atoms with Crippen LogP contribution in [0.15, 0.2) is 70.2 Å². The van der Waals surface area contributed by atoms with E-state index in [2.05, 4.69) is 0 Å². The molecule has 1 aliphatic heterocycles. The number of rotatable bonds is 8. The number of esters is 1. The van der Waals surface area contributed by atoms with Crippen LogP contribution in [0.5, 0.6) is 5.75 Å². The highest BCUT2D eigenvalue weighted by Gasteiger charge is 2.32. The number of benzene rings is 2. The third-order valence-corrected chi connectivity index (χ3v) is 7.36. The molecule has 4 rings (SSSR count). The first kappa shape index (κ1) is 23.4. The van der Waals surface area contributed by atoms with Crippen LogP contribution in [0.1, 0.15) is 21.7 Å². The highest BCUT2D eigenvalue weighted by atomic mass is 32.2. The summed E-state index contributed by atoms with van der Waals surface area (Å²) in [6.07, 6.45) is 2.11. The van der Waals surface area contributed by atoms with E-state index in [1.807, 2.05) is 12.1 Å². The highest BCUT2D eigenvalue weighted by Crippen LogP contribution is 2.34. The molecular weight excluding hydrogens is 460 g/mol. The van der Waals surface area contributed by atoms with Gasteiger partial charge < -0.3 is 18.8 Å². The molecule has 0 unspecified atom stereocenters. The molecule has 1 aliphatic rings. The van der Waals surface area contributed by atoms with Crippen LogP contribution in [0.4, 0.5) is 5.69 Å². The topological polar surface area (TPSA) is 106 Å². The molecule has 0 fully saturated rings. The molecule has 0 spiro atoms. The normalized spacial score (nSPS) is 12.8. The number of nitrogens with zero attached hydrogens (tertiary/aromatic N) is 2. The Morgan fingerprint density at radius 1 is 1.12 bits per heavy atom. The summed E-state index contributed by atoms with van der Waals surface area (Å²) in [6.45, 7) is 0.0113. The number of methoxy groups -OCH3 is 1. The molecule has 2 heterocycles. The second-order valence-corrected chi connectivity index (χ2v) is 9.59. The molecule has 0 saturated carbocycles. The van der Waals surface area contributed by atoms with Gasteiger partial charge in [-0.2, -0.15) is 0 Å². The number of fused-ring (bicyclic) bond motifs is 1. The second kappa shape index (κ2) is 9.60. The van der Waals surface area contributed by atoms with Crippen LogP contribution in [-0.4, -0.2) is 52.5 Å². The molecule has 1 aromatic heterocycles. The largest absolute Gasteiger partial charge is 0.496 e. The standard InChI is InChI=1S/C24H24N2O7S/c1-25(15-18-7-5-13-32-18)23(27)16-33-24(28)20-14-19(9-10-22(20)31-2)34(29,30)26-12-11-17-6-3-4-8-21(17)26/h3-10,13-14H,11-12,15-16H2,1-2H3. The van der Waals surface area contributed by atoms with E-state index in [1.165, 1.54) is 40.8 Å². The summed E-state index contributed by atoms with van der Waals surface area (Å²) in [5.74, 6) is -0.580. The number of likely N-dealkylation sites (N-methyl/N-ethyl adjacent to an activating group) is 1. The smallest absolute Gasteiger partial charge is 0.342 e. The summed E-state index contributed by atoms with van der Waals surface area (Å²) in [5, 5.41) is 0. The van der Waals surface area contributed by atoms with E-state index in [1.54, 1.807) is 31.3 Å². The van der Waals surface area contributed by atoms with E-state index in [-0.39, 0.29) is 22.8 Å². The maximum absolute atomic E-state index is 13.3. The molecule has 0 N–H and O–H groups in total.